The molecule has 0 bridgehead atoms. The second kappa shape index (κ2) is 6.37. The van der Waals surface area contributed by atoms with Crippen molar-refractivity contribution in [1.82, 2.24) is 10.6 Å². The monoisotopic (exact) mass is 276 g/mol. The van der Waals surface area contributed by atoms with E-state index in [2.05, 4.69) is 17.6 Å². The quantitative estimate of drug-likeness (QED) is 0.779. The molecule has 2 rings (SSSR count). The standard InChI is InChI=1S/C16H24N2O2/c1-12-10-13(8-9-17-12)15(20)18-16(2,11-19)14-6-4-3-5-7-14/h3-7,12-13,17,19H,8-11H2,1-2H3,(H,18,20). The Labute approximate surface area is 120 Å². The molecule has 1 aliphatic rings. The van der Waals surface area contributed by atoms with E-state index in [-0.39, 0.29) is 18.4 Å². The second-order valence-electron chi connectivity index (χ2n) is 5.92. The zero-order valence-corrected chi connectivity index (χ0v) is 12.2. The van der Waals surface area contributed by atoms with Gasteiger partial charge in [0.1, 0.15) is 0 Å². The van der Waals surface area contributed by atoms with Crippen LogP contribution in [-0.2, 0) is 10.3 Å². The van der Waals surface area contributed by atoms with Crippen molar-refractivity contribution in [2.45, 2.75) is 38.3 Å². The van der Waals surface area contributed by atoms with Gasteiger partial charge < -0.3 is 15.7 Å². The van der Waals surface area contributed by atoms with Crippen molar-refractivity contribution in [1.29, 1.82) is 0 Å². The number of hydrogen-bond acceptors (Lipinski definition) is 3. The molecule has 0 radical (unpaired) electrons. The summed E-state index contributed by atoms with van der Waals surface area (Å²) < 4.78 is 0. The maximum Gasteiger partial charge on any atom is 0.223 e. The van der Waals surface area contributed by atoms with E-state index in [1.165, 1.54) is 0 Å². The molecule has 1 aromatic rings. The van der Waals surface area contributed by atoms with Gasteiger partial charge in [0.2, 0.25) is 5.91 Å². The summed E-state index contributed by atoms with van der Waals surface area (Å²) in [5.74, 6) is 0.0691. The predicted octanol–water partition coefficient (Wildman–Crippen LogP) is 1.40. The molecular weight excluding hydrogens is 252 g/mol. The number of rotatable bonds is 4. The van der Waals surface area contributed by atoms with E-state index >= 15 is 0 Å². The molecule has 1 saturated heterocycles. The van der Waals surface area contributed by atoms with Crippen LogP contribution in [0.5, 0.6) is 0 Å². The Morgan fingerprint density at radius 3 is 2.75 bits per heavy atom. The Balaban J connectivity index is 2.07. The highest BCUT2D eigenvalue weighted by Crippen LogP contribution is 2.23. The van der Waals surface area contributed by atoms with Crippen molar-refractivity contribution >= 4 is 5.91 Å². The summed E-state index contributed by atoms with van der Waals surface area (Å²) in [5, 5.41) is 16.1. The molecule has 1 aliphatic heterocycles. The van der Waals surface area contributed by atoms with Crippen LogP contribution in [0, 0.1) is 5.92 Å². The van der Waals surface area contributed by atoms with Crippen molar-refractivity contribution in [2.24, 2.45) is 5.92 Å². The molecule has 3 unspecified atom stereocenters. The summed E-state index contributed by atoms with van der Waals surface area (Å²) in [6.45, 7) is 4.73. The average Bonchev–Trinajstić information content (AvgIpc) is 2.48. The first kappa shape index (κ1) is 15.0. The van der Waals surface area contributed by atoms with E-state index in [4.69, 9.17) is 0 Å². The van der Waals surface area contributed by atoms with E-state index in [0.29, 0.717) is 6.04 Å². The topological polar surface area (TPSA) is 61.4 Å². The van der Waals surface area contributed by atoms with Gasteiger partial charge in [0.05, 0.1) is 12.1 Å². The van der Waals surface area contributed by atoms with Crippen LogP contribution in [0.15, 0.2) is 30.3 Å². The smallest absolute Gasteiger partial charge is 0.223 e. The summed E-state index contributed by atoms with van der Waals surface area (Å²) >= 11 is 0. The molecule has 0 aromatic heterocycles. The number of aliphatic hydroxyl groups is 1. The first-order chi connectivity index (χ1) is 9.55. The van der Waals surface area contributed by atoms with Crippen molar-refractivity contribution in [2.75, 3.05) is 13.2 Å². The Morgan fingerprint density at radius 2 is 2.15 bits per heavy atom. The number of carbonyl (C=O) groups excluding carboxylic acids is 1. The van der Waals surface area contributed by atoms with Gasteiger partial charge in [-0.05, 0) is 38.8 Å². The average molecular weight is 276 g/mol. The number of nitrogens with one attached hydrogen (secondary N) is 2. The fraction of sp³-hybridized carbons (Fsp3) is 0.562. The van der Waals surface area contributed by atoms with E-state index in [9.17, 15) is 9.90 Å². The number of piperidine rings is 1. The maximum absolute atomic E-state index is 12.4. The third-order valence-corrected chi connectivity index (χ3v) is 4.12. The normalized spacial score (nSPS) is 25.8. The lowest BCUT2D eigenvalue weighted by Gasteiger charge is -2.33. The van der Waals surface area contributed by atoms with E-state index in [0.717, 1.165) is 24.9 Å². The summed E-state index contributed by atoms with van der Waals surface area (Å²) in [6, 6.07) is 10.0. The van der Waals surface area contributed by atoms with Gasteiger partial charge in [-0.15, -0.1) is 0 Å². The zero-order chi connectivity index (χ0) is 14.6. The van der Waals surface area contributed by atoms with Crippen LogP contribution in [0.4, 0.5) is 0 Å². The first-order valence-electron chi connectivity index (χ1n) is 7.27. The minimum Gasteiger partial charge on any atom is -0.394 e. The van der Waals surface area contributed by atoms with Gasteiger partial charge >= 0.3 is 0 Å². The Bertz CT molecular complexity index is 449. The minimum absolute atomic E-state index is 0.0286. The van der Waals surface area contributed by atoms with Gasteiger partial charge in [-0.3, -0.25) is 4.79 Å². The van der Waals surface area contributed by atoms with Crippen LogP contribution in [0.2, 0.25) is 0 Å². The van der Waals surface area contributed by atoms with Gasteiger partial charge in [-0.2, -0.15) is 0 Å². The van der Waals surface area contributed by atoms with Gasteiger partial charge in [-0.1, -0.05) is 30.3 Å². The molecule has 1 amide bonds. The second-order valence-corrected chi connectivity index (χ2v) is 5.92. The lowest BCUT2D eigenvalue weighted by molar-refractivity contribution is -0.128. The molecule has 4 heteroatoms. The molecule has 3 atom stereocenters. The lowest BCUT2D eigenvalue weighted by atomic mass is 9.88. The van der Waals surface area contributed by atoms with Crippen LogP contribution < -0.4 is 10.6 Å². The molecular formula is C16H24N2O2. The van der Waals surface area contributed by atoms with Crippen LogP contribution in [0.25, 0.3) is 0 Å². The van der Waals surface area contributed by atoms with E-state index in [1.54, 1.807) is 0 Å². The van der Waals surface area contributed by atoms with Crippen molar-refractivity contribution in [3.8, 4) is 0 Å². The Kier molecular flexibility index (Phi) is 4.78. The molecule has 1 fully saturated rings. The molecule has 0 aliphatic carbocycles. The van der Waals surface area contributed by atoms with E-state index in [1.807, 2.05) is 37.3 Å². The third-order valence-electron chi connectivity index (χ3n) is 4.12. The predicted molar refractivity (Wildman–Crippen MR) is 79.2 cm³/mol. The Hall–Kier alpha value is -1.39. The van der Waals surface area contributed by atoms with Gasteiger partial charge in [0.25, 0.3) is 0 Å². The molecule has 1 aromatic carbocycles. The maximum atomic E-state index is 12.4. The SMILES string of the molecule is CC1CC(C(=O)NC(C)(CO)c2ccccc2)CCN1. The first-order valence-corrected chi connectivity index (χ1v) is 7.27. The van der Waals surface area contributed by atoms with Crippen LogP contribution >= 0.6 is 0 Å². The fourth-order valence-electron chi connectivity index (χ4n) is 2.75. The highest BCUT2D eigenvalue weighted by molar-refractivity contribution is 5.79. The summed E-state index contributed by atoms with van der Waals surface area (Å²) in [4.78, 5) is 12.4. The Morgan fingerprint density at radius 1 is 1.45 bits per heavy atom. The third kappa shape index (κ3) is 3.38. The van der Waals surface area contributed by atoms with Gasteiger partial charge in [-0.25, -0.2) is 0 Å². The molecule has 3 N–H and O–H groups in total. The molecule has 20 heavy (non-hydrogen) atoms. The zero-order valence-electron chi connectivity index (χ0n) is 12.2. The van der Waals surface area contributed by atoms with Crippen molar-refractivity contribution in [3.05, 3.63) is 35.9 Å². The van der Waals surface area contributed by atoms with E-state index < -0.39 is 5.54 Å². The highest BCUT2D eigenvalue weighted by atomic mass is 16.3. The lowest BCUT2D eigenvalue weighted by Crippen LogP contribution is -2.51. The largest absolute Gasteiger partial charge is 0.394 e. The van der Waals surface area contributed by atoms with Crippen LogP contribution in [0.3, 0.4) is 0 Å². The highest BCUT2D eigenvalue weighted by Gasteiger charge is 2.32. The number of benzene rings is 1. The fourth-order valence-corrected chi connectivity index (χ4v) is 2.75. The molecule has 0 saturated carbocycles. The number of carbonyl (C=O) groups is 1. The summed E-state index contributed by atoms with van der Waals surface area (Å²) in [7, 11) is 0. The number of aliphatic hydroxyl groups excluding tert-OH is 1. The van der Waals surface area contributed by atoms with Crippen LogP contribution in [0.1, 0.15) is 32.3 Å². The molecule has 0 spiro atoms. The minimum atomic E-state index is -0.716. The van der Waals surface area contributed by atoms with Gasteiger partial charge in [0.15, 0.2) is 0 Å². The molecule has 110 valence electrons. The van der Waals surface area contributed by atoms with Crippen molar-refractivity contribution < 1.29 is 9.90 Å². The summed E-state index contributed by atoms with van der Waals surface area (Å²) in [6.07, 6.45) is 1.70. The number of amides is 1. The van der Waals surface area contributed by atoms with Crippen LogP contribution in [-0.4, -0.2) is 30.2 Å². The van der Waals surface area contributed by atoms with Crippen molar-refractivity contribution in [3.63, 3.8) is 0 Å². The molecule has 1 heterocycles. The number of hydrogen-bond donors (Lipinski definition) is 3. The molecule has 4 nitrogen and oxygen atoms in total. The van der Waals surface area contributed by atoms with Gasteiger partial charge in [0, 0.05) is 12.0 Å². The summed E-state index contributed by atoms with van der Waals surface area (Å²) in [5.41, 5.74) is 0.213.